The molecule has 21 heavy (non-hydrogen) atoms. The van der Waals surface area contributed by atoms with Gasteiger partial charge in [0.1, 0.15) is 0 Å². The monoisotopic (exact) mass is 326 g/mol. The number of nitrogens with one attached hydrogen (secondary N) is 1. The third-order valence-corrected chi connectivity index (χ3v) is 5.01. The van der Waals surface area contributed by atoms with Crippen molar-refractivity contribution in [1.29, 1.82) is 0 Å². The fourth-order valence-electron chi connectivity index (χ4n) is 2.18. The van der Waals surface area contributed by atoms with Crippen molar-refractivity contribution < 1.29 is 9.59 Å². The van der Waals surface area contributed by atoms with Crippen molar-refractivity contribution in [3.8, 4) is 0 Å². The highest BCUT2D eigenvalue weighted by atomic mass is 35.5. The van der Waals surface area contributed by atoms with Crippen LogP contribution < -0.4 is 5.32 Å². The third-order valence-electron chi connectivity index (χ3n) is 3.40. The fraction of sp³-hybridized carbons (Fsp3) is 0.467. The topological polar surface area (TPSA) is 49.4 Å². The number of rotatable bonds is 5. The molecule has 1 heterocycles. The van der Waals surface area contributed by atoms with Crippen LogP contribution >= 0.6 is 23.4 Å². The second kappa shape index (κ2) is 7.18. The van der Waals surface area contributed by atoms with Gasteiger partial charge in [-0.1, -0.05) is 23.7 Å². The van der Waals surface area contributed by atoms with E-state index in [2.05, 4.69) is 5.32 Å². The summed E-state index contributed by atoms with van der Waals surface area (Å²) < 4.78 is 0. The molecule has 0 bridgehead atoms. The van der Waals surface area contributed by atoms with Crippen LogP contribution in [0.4, 0.5) is 0 Å². The Hall–Kier alpha value is -1.20. The molecule has 1 fully saturated rings. The van der Waals surface area contributed by atoms with Crippen LogP contribution in [0, 0.1) is 5.92 Å². The van der Waals surface area contributed by atoms with Gasteiger partial charge in [0.25, 0.3) is 0 Å². The van der Waals surface area contributed by atoms with Crippen molar-refractivity contribution in [3.05, 3.63) is 29.3 Å². The molecular weight excluding hydrogens is 308 g/mol. The first-order valence-electron chi connectivity index (χ1n) is 7.00. The van der Waals surface area contributed by atoms with Crippen molar-refractivity contribution in [2.45, 2.75) is 24.0 Å². The molecule has 1 saturated heterocycles. The van der Waals surface area contributed by atoms with Crippen LogP contribution in [0.25, 0.3) is 0 Å². The summed E-state index contributed by atoms with van der Waals surface area (Å²) >= 11 is 7.55. The van der Waals surface area contributed by atoms with E-state index < -0.39 is 0 Å². The standard InChI is InChI=1S/C15H19ClN2O2S/c1-3-17-14(19)11-8-18(9-11)15(20)10(2)21-13-7-5-4-6-12(13)16/h4-7,10-11H,3,8-9H2,1-2H3,(H,17,19)/t10-/m0/s1. The molecule has 1 aromatic carbocycles. The Morgan fingerprint density at radius 1 is 1.43 bits per heavy atom. The molecule has 0 saturated carbocycles. The van der Waals surface area contributed by atoms with Crippen molar-refractivity contribution in [1.82, 2.24) is 10.2 Å². The van der Waals surface area contributed by atoms with Crippen LogP contribution in [0.5, 0.6) is 0 Å². The molecule has 0 spiro atoms. The van der Waals surface area contributed by atoms with E-state index >= 15 is 0 Å². The van der Waals surface area contributed by atoms with Gasteiger partial charge >= 0.3 is 0 Å². The minimum Gasteiger partial charge on any atom is -0.356 e. The second-order valence-corrected chi connectivity index (χ2v) is 6.82. The molecule has 1 aromatic rings. The molecule has 1 aliphatic heterocycles. The lowest BCUT2D eigenvalue weighted by Gasteiger charge is -2.39. The van der Waals surface area contributed by atoms with Crippen LogP contribution in [0.15, 0.2) is 29.2 Å². The summed E-state index contributed by atoms with van der Waals surface area (Å²) in [6.45, 7) is 5.41. The first-order valence-corrected chi connectivity index (χ1v) is 8.26. The Balaban J connectivity index is 1.85. The highest BCUT2D eigenvalue weighted by Crippen LogP contribution is 2.31. The summed E-state index contributed by atoms with van der Waals surface area (Å²) in [6, 6.07) is 7.49. The van der Waals surface area contributed by atoms with Crippen molar-refractivity contribution >= 4 is 35.2 Å². The summed E-state index contributed by atoms with van der Waals surface area (Å²) in [5.74, 6) is 0.0276. The quantitative estimate of drug-likeness (QED) is 0.845. The molecule has 4 nitrogen and oxygen atoms in total. The van der Waals surface area contributed by atoms with E-state index in [0.29, 0.717) is 24.7 Å². The molecule has 1 atom stereocenters. The van der Waals surface area contributed by atoms with Crippen LogP contribution in [-0.4, -0.2) is 41.6 Å². The van der Waals surface area contributed by atoms with E-state index in [1.54, 1.807) is 4.90 Å². The molecule has 2 amide bonds. The van der Waals surface area contributed by atoms with Crippen LogP contribution in [0.1, 0.15) is 13.8 Å². The van der Waals surface area contributed by atoms with Crippen LogP contribution in [0.2, 0.25) is 5.02 Å². The zero-order valence-electron chi connectivity index (χ0n) is 12.1. The number of hydrogen-bond donors (Lipinski definition) is 1. The Bertz CT molecular complexity index is 532. The molecule has 2 rings (SSSR count). The lowest BCUT2D eigenvalue weighted by molar-refractivity contribution is -0.142. The number of likely N-dealkylation sites (tertiary alicyclic amines) is 1. The van der Waals surface area contributed by atoms with Gasteiger partial charge < -0.3 is 10.2 Å². The largest absolute Gasteiger partial charge is 0.356 e. The second-order valence-electron chi connectivity index (χ2n) is 5.03. The smallest absolute Gasteiger partial charge is 0.235 e. The molecule has 0 radical (unpaired) electrons. The summed E-state index contributed by atoms with van der Waals surface area (Å²) in [4.78, 5) is 26.6. The Morgan fingerprint density at radius 3 is 2.71 bits per heavy atom. The van der Waals surface area contributed by atoms with Gasteiger partial charge in [-0.05, 0) is 26.0 Å². The summed E-state index contributed by atoms with van der Waals surface area (Å²) in [5, 5.41) is 3.23. The average molecular weight is 327 g/mol. The summed E-state index contributed by atoms with van der Waals surface area (Å²) in [5.41, 5.74) is 0. The maximum atomic E-state index is 12.3. The zero-order valence-corrected chi connectivity index (χ0v) is 13.7. The van der Waals surface area contributed by atoms with Gasteiger partial charge in [-0.2, -0.15) is 0 Å². The molecule has 0 aliphatic carbocycles. The number of benzene rings is 1. The van der Waals surface area contributed by atoms with Gasteiger partial charge in [0.2, 0.25) is 11.8 Å². The highest BCUT2D eigenvalue weighted by Gasteiger charge is 2.37. The Morgan fingerprint density at radius 2 is 2.10 bits per heavy atom. The van der Waals surface area contributed by atoms with E-state index in [1.165, 1.54) is 11.8 Å². The van der Waals surface area contributed by atoms with E-state index in [-0.39, 0.29) is 23.0 Å². The van der Waals surface area contributed by atoms with E-state index in [9.17, 15) is 9.59 Å². The first kappa shape index (κ1) is 16.2. The summed E-state index contributed by atoms with van der Waals surface area (Å²) in [6.07, 6.45) is 0. The predicted octanol–water partition coefficient (Wildman–Crippen LogP) is 2.42. The Labute approximate surface area is 134 Å². The molecule has 0 unspecified atom stereocenters. The first-order chi connectivity index (χ1) is 10.0. The van der Waals surface area contributed by atoms with Gasteiger partial charge in [0.15, 0.2) is 0 Å². The molecule has 1 N–H and O–H groups in total. The zero-order chi connectivity index (χ0) is 15.4. The minimum atomic E-state index is -0.208. The van der Waals surface area contributed by atoms with E-state index in [4.69, 9.17) is 11.6 Å². The van der Waals surface area contributed by atoms with Crippen LogP contribution in [-0.2, 0) is 9.59 Å². The normalized spacial score (nSPS) is 16.2. The number of thioether (sulfide) groups is 1. The number of nitrogens with zero attached hydrogens (tertiary/aromatic N) is 1. The van der Waals surface area contributed by atoms with E-state index in [1.807, 2.05) is 38.1 Å². The average Bonchev–Trinajstić information content (AvgIpc) is 2.39. The lowest BCUT2D eigenvalue weighted by Crippen LogP contribution is -2.57. The molecular formula is C15H19ClN2O2S. The van der Waals surface area contributed by atoms with Crippen molar-refractivity contribution in [2.75, 3.05) is 19.6 Å². The lowest BCUT2D eigenvalue weighted by atomic mass is 9.99. The number of halogens is 1. The Kier molecular flexibility index (Phi) is 5.53. The predicted molar refractivity (Wildman–Crippen MR) is 85.5 cm³/mol. The number of carbonyl (C=O) groups excluding carboxylic acids is 2. The summed E-state index contributed by atoms with van der Waals surface area (Å²) in [7, 11) is 0. The highest BCUT2D eigenvalue weighted by molar-refractivity contribution is 8.00. The minimum absolute atomic E-state index is 0.0351. The van der Waals surface area contributed by atoms with Crippen LogP contribution in [0.3, 0.4) is 0 Å². The fourth-order valence-corrected chi connectivity index (χ4v) is 3.42. The number of hydrogen-bond acceptors (Lipinski definition) is 3. The number of carbonyl (C=O) groups is 2. The van der Waals surface area contributed by atoms with Crippen molar-refractivity contribution in [3.63, 3.8) is 0 Å². The number of amides is 2. The maximum Gasteiger partial charge on any atom is 0.235 e. The van der Waals surface area contributed by atoms with Gasteiger partial charge in [-0.15, -0.1) is 11.8 Å². The van der Waals surface area contributed by atoms with E-state index in [0.717, 1.165) is 4.90 Å². The van der Waals surface area contributed by atoms with Gasteiger partial charge in [-0.25, -0.2) is 0 Å². The van der Waals surface area contributed by atoms with Gasteiger partial charge in [0, 0.05) is 24.5 Å². The molecule has 0 aromatic heterocycles. The van der Waals surface area contributed by atoms with Crippen molar-refractivity contribution in [2.24, 2.45) is 5.92 Å². The maximum absolute atomic E-state index is 12.3. The van der Waals surface area contributed by atoms with Gasteiger partial charge in [0.05, 0.1) is 16.2 Å². The molecule has 6 heteroatoms. The molecule has 1 aliphatic rings. The SMILES string of the molecule is CCNC(=O)C1CN(C(=O)[C@H](C)Sc2ccccc2Cl)C1. The molecule has 114 valence electrons. The third kappa shape index (κ3) is 3.92. The van der Waals surface area contributed by atoms with Gasteiger partial charge in [-0.3, -0.25) is 9.59 Å².